The van der Waals surface area contributed by atoms with E-state index >= 15 is 0 Å². The first-order valence-corrected chi connectivity index (χ1v) is 3.51. The fourth-order valence-electron chi connectivity index (χ4n) is 0.524. The van der Waals surface area contributed by atoms with Crippen LogP contribution in [0.2, 0.25) is 0 Å². The Labute approximate surface area is 63.0 Å². The molecule has 0 aromatic heterocycles. The van der Waals surface area contributed by atoms with Crippen molar-refractivity contribution in [1.82, 2.24) is 5.32 Å². The molecule has 0 aliphatic rings. The van der Waals surface area contributed by atoms with E-state index in [9.17, 15) is 0 Å². The minimum atomic E-state index is 0.336. The van der Waals surface area contributed by atoms with E-state index in [4.69, 9.17) is 0 Å². The molecule has 10 heavy (non-hydrogen) atoms. The predicted octanol–water partition coefficient (Wildman–Crippen LogP) is 1.59. The summed E-state index contributed by atoms with van der Waals surface area (Å²) in [6.07, 6.45) is 3.09. The van der Waals surface area contributed by atoms with Crippen LogP contribution < -0.4 is 5.32 Å². The van der Waals surface area contributed by atoms with Crippen LogP contribution in [-0.4, -0.2) is 19.8 Å². The van der Waals surface area contributed by atoms with Gasteiger partial charge in [0.1, 0.15) is 0 Å². The zero-order valence-corrected chi connectivity index (χ0v) is 7.02. The van der Waals surface area contributed by atoms with Crippen LogP contribution in [0.1, 0.15) is 20.3 Å². The largest absolute Gasteiger partial charge is 0.392 e. The van der Waals surface area contributed by atoms with Gasteiger partial charge in [-0.1, -0.05) is 6.08 Å². The molecule has 0 amide bonds. The number of hydrogen-bond donors (Lipinski definition) is 1. The Morgan fingerprint density at radius 1 is 1.80 bits per heavy atom. The summed E-state index contributed by atoms with van der Waals surface area (Å²) >= 11 is 0. The van der Waals surface area contributed by atoms with Gasteiger partial charge in [-0.3, -0.25) is 4.99 Å². The number of nitrogens with one attached hydrogen (secondary N) is 1. The van der Waals surface area contributed by atoms with Gasteiger partial charge < -0.3 is 5.32 Å². The van der Waals surface area contributed by atoms with Gasteiger partial charge in [0, 0.05) is 18.8 Å². The monoisotopic (exact) mass is 140 g/mol. The molecule has 0 bridgehead atoms. The minimum Gasteiger partial charge on any atom is -0.392 e. The quantitative estimate of drug-likeness (QED) is 0.589. The maximum absolute atomic E-state index is 3.87. The molecular weight excluding hydrogens is 124 g/mol. The Kier molecular flexibility index (Phi) is 4.63. The Hall–Kier alpha value is -0.790. The summed E-state index contributed by atoms with van der Waals surface area (Å²) in [5.41, 5.74) is 1.19. The number of rotatable bonds is 4. The number of hydrogen-bond acceptors (Lipinski definition) is 2. The first-order chi connectivity index (χ1) is 4.70. The van der Waals surface area contributed by atoms with Crippen LogP contribution in [0.25, 0.3) is 0 Å². The molecule has 0 aromatic carbocycles. The molecule has 0 spiro atoms. The molecule has 0 aromatic rings. The molecule has 2 nitrogen and oxygen atoms in total. The molecule has 0 saturated carbocycles. The summed E-state index contributed by atoms with van der Waals surface area (Å²) in [4.78, 5) is 3.87. The summed E-state index contributed by atoms with van der Waals surface area (Å²) in [6.45, 7) is 7.55. The van der Waals surface area contributed by atoms with Gasteiger partial charge >= 0.3 is 0 Å². The van der Waals surface area contributed by atoms with Crippen LogP contribution in [-0.2, 0) is 0 Å². The second-order valence-corrected chi connectivity index (χ2v) is 2.40. The maximum atomic E-state index is 3.87. The second kappa shape index (κ2) is 5.03. The van der Waals surface area contributed by atoms with Gasteiger partial charge in [0.15, 0.2) is 0 Å². The Morgan fingerprint density at radius 2 is 2.40 bits per heavy atom. The summed E-state index contributed by atoms with van der Waals surface area (Å²) < 4.78 is 0. The summed E-state index contributed by atoms with van der Waals surface area (Å²) in [7, 11) is 1.91. The van der Waals surface area contributed by atoms with Crippen molar-refractivity contribution in [3.63, 3.8) is 0 Å². The van der Waals surface area contributed by atoms with E-state index in [1.54, 1.807) is 0 Å². The van der Waals surface area contributed by atoms with Crippen molar-refractivity contribution in [3.05, 3.63) is 11.8 Å². The van der Waals surface area contributed by atoms with E-state index in [1.807, 2.05) is 20.9 Å². The lowest BCUT2D eigenvalue weighted by atomic mass is 10.2. The molecule has 0 rings (SSSR count). The van der Waals surface area contributed by atoms with Crippen molar-refractivity contribution in [2.24, 2.45) is 4.99 Å². The van der Waals surface area contributed by atoms with Crippen LogP contribution in [0.5, 0.6) is 0 Å². The highest BCUT2D eigenvalue weighted by atomic mass is 14.8. The van der Waals surface area contributed by atoms with Gasteiger partial charge in [0.05, 0.1) is 0 Å². The van der Waals surface area contributed by atoms with Crippen LogP contribution >= 0.6 is 0 Å². The van der Waals surface area contributed by atoms with Crippen molar-refractivity contribution in [2.45, 2.75) is 26.3 Å². The molecule has 0 heterocycles. The Bertz CT molecular complexity index is 127. The highest BCUT2D eigenvalue weighted by Gasteiger charge is 1.92. The van der Waals surface area contributed by atoms with Gasteiger partial charge in [-0.25, -0.2) is 0 Å². The molecular formula is C8H16N2. The van der Waals surface area contributed by atoms with Crippen molar-refractivity contribution < 1.29 is 0 Å². The molecule has 0 saturated heterocycles. The average molecular weight is 140 g/mol. The lowest BCUT2D eigenvalue weighted by molar-refractivity contribution is 0.756. The first kappa shape index (κ1) is 9.21. The SMILES string of the molecule is C=NC(C)C/C=C(/C)NC. The van der Waals surface area contributed by atoms with Gasteiger partial charge in [-0.05, 0) is 27.0 Å². The summed E-state index contributed by atoms with van der Waals surface area (Å²) in [6, 6.07) is 0.336. The molecule has 0 fully saturated rings. The lowest BCUT2D eigenvalue weighted by Crippen LogP contribution is -2.03. The maximum Gasteiger partial charge on any atom is 0.0499 e. The third-order valence-electron chi connectivity index (χ3n) is 1.47. The highest BCUT2D eigenvalue weighted by Crippen LogP contribution is 1.98. The average Bonchev–Trinajstić information content (AvgIpc) is 1.99. The topological polar surface area (TPSA) is 24.4 Å². The van der Waals surface area contributed by atoms with Crippen molar-refractivity contribution >= 4 is 6.72 Å². The molecule has 1 atom stereocenters. The first-order valence-electron chi connectivity index (χ1n) is 3.51. The van der Waals surface area contributed by atoms with E-state index in [2.05, 4.69) is 23.1 Å². The van der Waals surface area contributed by atoms with Crippen molar-refractivity contribution in [3.8, 4) is 0 Å². The van der Waals surface area contributed by atoms with Gasteiger partial charge in [0.2, 0.25) is 0 Å². The van der Waals surface area contributed by atoms with Crippen LogP contribution in [0.3, 0.4) is 0 Å². The zero-order chi connectivity index (χ0) is 7.98. The van der Waals surface area contributed by atoms with Crippen LogP contribution in [0.15, 0.2) is 16.8 Å². The lowest BCUT2D eigenvalue weighted by Gasteiger charge is -2.01. The Balaban J connectivity index is 3.60. The smallest absolute Gasteiger partial charge is 0.0499 e. The predicted molar refractivity (Wildman–Crippen MR) is 46.4 cm³/mol. The summed E-state index contributed by atoms with van der Waals surface area (Å²) in [5.74, 6) is 0. The van der Waals surface area contributed by atoms with Crippen LogP contribution in [0.4, 0.5) is 0 Å². The zero-order valence-electron chi connectivity index (χ0n) is 7.02. The van der Waals surface area contributed by atoms with Crippen LogP contribution in [0, 0.1) is 0 Å². The third-order valence-corrected chi connectivity index (χ3v) is 1.47. The van der Waals surface area contributed by atoms with Gasteiger partial charge in [0.25, 0.3) is 0 Å². The van der Waals surface area contributed by atoms with E-state index in [-0.39, 0.29) is 0 Å². The van der Waals surface area contributed by atoms with E-state index in [1.165, 1.54) is 5.70 Å². The third kappa shape index (κ3) is 4.13. The number of nitrogens with zero attached hydrogens (tertiary/aromatic N) is 1. The fraction of sp³-hybridized carbons (Fsp3) is 0.625. The van der Waals surface area contributed by atoms with Crippen molar-refractivity contribution in [2.75, 3.05) is 7.05 Å². The van der Waals surface area contributed by atoms with Gasteiger partial charge in [-0.15, -0.1) is 0 Å². The molecule has 0 aliphatic carbocycles. The van der Waals surface area contributed by atoms with Gasteiger partial charge in [-0.2, -0.15) is 0 Å². The normalized spacial score (nSPS) is 14.5. The molecule has 0 radical (unpaired) electrons. The number of aliphatic imine (C=N–C) groups is 1. The Morgan fingerprint density at radius 3 is 2.80 bits per heavy atom. The molecule has 1 unspecified atom stereocenters. The highest BCUT2D eigenvalue weighted by molar-refractivity contribution is 5.24. The fourth-order valence-corrected chi connectivity index (χ4v) is 0.524. The molecule has 0 aliphatic heterocycles. The van der Waals surface area contributed by atoms with E-state index < -0.39 is 0 Å². The van der Waals surface area contributed by atoms with E-state index in [0.29, 0.717) is 6.04 Å². The number of allylic oxidation sites excluding steroid dienone is 1. The molecule has 2 heteroatoms. The summed E-state index contributed by atoms with van der Waals surface area (Å²) in [5, 5.41) is 3.04. The van der Waals surface area contributed by atoms with Crippen molar-refractivity contribution in [1.29, 1.82) is 0 Å². The minimum absolute atomic E-state index is 0.336. The molecule has 1 N–H and O–H groups in total. The standard InChI is InChI=1S/C8H16N2/c1-7(9-3)5-6-8(2)10-4/h6-7,10H,3,5H2,1-2,4H3/b8-6-. The van der Waals surface area contributed by atoms with E-state index in [0.717, 1.165) is 6.42 Å². The second-order valence-electron chi connectivity index (χ2n) is 2.40. The molecule has 58 valence electrons.